The van der Waals surface area contributed by atoms with Gasteiger partial charge in [-0.25, -0.2) is 8.42 Å². The van der Waals surface area contributed by atoms with Gasteiger partial charge in [-0.2, -0.15) is 4.31 Å². The van der Waals surface area contributed by atoms with E-state index in [0.29, 0.717) is 24.3 Å². The molecule has 1 saturated heterocycles. The minimum atomic E-state index is -3.71. The van der Waals surface area contributed by atoms with Crippen LogP contribution in [0.2, 0.25) is 0 Å². The summed E-state index contributed by atoms with van der Waals surface area (Å²) in [6, 6.07) is 13.0. The second-order valence-electron chi connectivity index (χ2n) is 8.01. The quantitative estimate of drug-likeness (QED) is 0.336. The van der Waals surface area contributed by atoms with Crippen molar-refractivity contribution in [2.45, 2.75) is 31.6 Å². The number of carbonyl (C=O) groups is 1. The number of piperidine rings is 1. The maximum atomic E-state index is 13.0. The Morgan fingerprint density at radius 1 is 1.06 bits per heavy atom. The first-order valence-electron chi connectivity index (χ1n) is 10.4. The minimum absolute atomic E-state index is 0.110. The zero-order chi connectivity index (χ0) is 22.5. The van der Waals surface area contributed by atoms with Crippen molar-refractivity contribution in [2.24, 2.45) is 5.92 Å². The topological polar surface area (TPSA) is 103 Å². The summed E-state index contributed by atoms with van der Waals surface area (Å²) < 4.78 is 43.8. The molecule has 4 aromatic rings. The van der Waals surface area contributed by atoms with Gasteiger partial charge >= 0.3 is 5.97 Å². The number of rotatable bonds is 4. The van der Waals surface area contributed by atoms with E-state index in [1.165, 1.54) is 4.31 Å². The number of benzene rings is 2. The molecule has 2 aromatic heterocycles. The lowest BCUT2D eigenvalue weighted by molar-refractivity contribution is -0.140. The van der Waals surface area contributed by atoms with Gasteiger partial charge in [0.2, 0.25) is 10.0 Å². The molecule has 2 aromatic carbocycles. The molecule has 0 N–H and O–H groups in total. The number of hydrogen-bond donors (Lipinski definition) is 0. The smallest absolute Gasteiger partial charge is 0.314 e. The third-order valence-electron chi connectivity index (χ3n) is 5.92. The lowest BCUT2D eigenvalue weighted by Crippen LogP contribution is -2.41. The van der Waals surface area contributed by atoms with E-state index in [2.05, 4.69) is 5.16 Å². The molecule has 0 bridgehead atoms. The van der Waals surface area contributed by atoms with Crippen LogP contribution in [0.25, 0.3) is 21.9 Å². The maximum Gasteiger partial charge on any atom is 0.314 e. The van der Waals surface area contributed by atoms with Crippen LogP contribution in [0.4, 0.5) is 0 Å². The van der Waals surface area contributed by atoms with Gasteiger partial charge < -0.3 is 13.7 Å². The summed E-state index contributed by atoms with van der Waals surface area (Å²) in [5, 5.41) is 5.58. The van der Waals surface area contributed by atoms with Gasteiger partial charge in [0.15, 0.2) is 5.76 Å². The van der Waals surface area contributed by atoms with E-state index in [1.54, 1.807) is 32.0 Å². The van der Waals surface area contributed by atoms with Crippen LogP contribution in [0.15, 0.2) is 56.3 Å². The van der Waals surface area contributed by atoms with E-state index in [-0.39, 0.29) is 35.6 Å². The Balaban J connectivity index is 1.28. The first kappa shape index (κ1) is 20.7. The van der Waals surface area contributed by atoms with E-state index >= 15 is 0 Å². The van der Waals surface area contributed by atoms with Crippen LogP contribution in [0.5, 0.6) is 5.75 Å². The summed E-state index contributed by atoms with van der Waals surface area (Å²) in [5.41, 5.74) is 1.84. The molecule has 8 nitrogen and oxygen atoms in total. The van der Waals surface area contributed by atoms with Gasteiger partial charge in [0.25, 0.3) is 0 Å². The molecule has 0 atom stereocenters. The Bertz CT molecular complexity index is 1410. The SMILES string of the molecule is Cc1noc(C)c1S(=O)(=O)N1CCC(C(=O)Oc2ccc3oc4ccccc4c3c2)CC1. The Labute approximate surface area is 184 Å². The maximum absolute atomic E-state index is 13.0. The molecule has 0 unspecified atom stereocenters. The number of hydrogen-bond acceptors (Lipinski definition) is 7. The summed E-state index contributed by atoms with van der Waals surface area (Å²) in [6.07, 6.45) is 0.774. The number of ether oxygens (including phenoxy) is 1. The van der Waals surface area contributed by atoms with Crippen LogP contribution < -0.4 is 4.74 Å². The van der Waals surface area contributed by atoms with Crippen LogP contribution in [0.1, 0.15) is 24.3 Å². The highest BCUT2D eigenvalue weighted by Crippen LogP contribution is 2.32. The van der Waals surface area contributed by atoms with Crippen molar-refractivity contribution in [3.63, 3.8) is 0 Å². The van der Waals surface area contributed by atoms with Gasteiger partial charge in [0.05, 0.1) is 5.92 Å². The minimum Gasteiger partial charge on any atom is -0.456 e. The van der Waals surface area contributed by atoms with Crippen LogP contribution in [-0.4, -0.2) is 36.9 Å². The van der Waals surface area contributed by atoms with Crippen molar-refractivity contribution in [3.05, 3.63) is 53.9 Å². The second-order valence-corrected chi connectivity index (χ2v) is 9.88. The molecule has 1 aliphatic heterocycles. The van der Waals surface area contributed by atoms with Gasteiger partial charge in [-0.05, 0) is 51.0 Å². The first-order chi connectivity index (χ1) is 15.3. The fourth-order valence-electron chi connectivity index (χ4n) is 4.27. The number of fused-ring (bicyclic) bond motifs is 3. The number of carbonyl (C=O) groups excluding carboxylic acids is 1. The molecule has 166 valence electrons. The standard InChI is InChI=1S/C23H22N2O6S/c1-14-22(15(2)31-24-14)32(27,28)25-11-9-16(10-12-25)23(26)29-17-7-8-21-19(13-17)18-5-3-4-6-20(18)30-21/h3-8,13,16H,9-12H2,1-2H3. The van der Waals surface area contributed by atoms with E-state index in [0.717, 1.165) is 21.9 Å². The molecule has 0 amide bonds. The van der Waals surface area contributed by atoms with Crippen LogP contribution in [0, 0.1) is 19.8 Å². The zero-order valence-electron chi connectivity index (χ0n) is 17.7. The van der Waals surface area contributed by atoms with E-state index in [4.69, 9.17) is 13.7 Å². The van der Waals surface area contributed by atoms with Gasteiger partial charge in [0, 0.05) is 23.9 Å². The Kier molecular flexibility index (Phi) is 5.02. The largest absolute Gasteiger partial charge is 0.456 e. The Morgan fingerprint density at radius 2 is 1.78 bits per heavy atom. The summed E-state index contributed by atoms with van der Waals surface area (Å²) >= 11 is 0. The molecule has 0 spiro atoms. The van der Waals surface area contributed by atoms with Crippen LogP contribution in [0.3, 0.4) is 0 Å². The highest BCUT2D eigenvalue weighted by Gasteiger charge is 2.36. The van der Waals surface area contributed by atoms with Crippen LogP contribution >= 0.6 is 0 Å². The molecule has 0 radical (unpaired) electrons. The van der Waals surface area contributed by atoms with E-state index < -0.39 is 10.0 Å². The number of para-hydroxylation sites is 1. The molecule has 3 heterocycles. The lowest BCUT2D eigenvalue weighted by atomic mass is 9.98. The van der Waals surface area contributed by atoms with E-state index in [9.17, 15) is 13.2 Å². The molecule has 0 aliphatic carbocycles. The molecular weight excluding hydrogens is 432 g/mol. The van der Waals surface area contributed by atoms with Crippen molar-refractivity contribution < 1.29 is 26.9 Å². The van der Waals surface area contributed by atoms with Gasteiger partial charge in [0.1, 0.15) is 27.5 Å². The highest BCUT2D eigenvalue weighted by atomic mass is 32.2. The van der Waals surface area contributed by atoms with Gasteiger partial charge in [-0.3, -0.25) is 4.79 Å². The first-order valence-corrected chi connectivity index (χ1v) is 11.8. The Morgan fingerprint density at radius 3 is 2.50 bits per heavy atom. The Hall–Kier alpha value is -3.17. The molecular formula is C23H22N2O6S. The fourth-order valence-corrected chi connectivity index (χ4v) is 6.03. The van der Waals surface area contributed by atoms with Crippen LogP contribution in [-0.2, 0) is 14.8 Å². The van der Waals surface area contributed by atoms with Crippen molar-refractivity contribution >= 4 is 37.9 Å². The van der Waals surface area contributed by atoms with Crippen molar-refractivity contribution in [2.75, 3.05) is 13.1 Å². The monoisotopic (exact) mass is 454 g/mol. The summed E-state index contributed by atoms with van der Waals surface area (Å²) in [4.78, 5) is 12.9. The molecule has 9 heteroatoms. The van der Waals surface area contributed by atoms with Crippen molar-refractivity contribution in [1.29, 1.82) is 0 Å². The normalized spacial score (nSPS) is 16.1. The summed E-state index contributed by atoms with van der Waals surface area (Å²) in [5.74, 6) is -0.0135. The predicted octanol–water partition coefficient (Wildman–Crippen LogP) is 4.20. The molecule has 5 rings (SSSR count). The number of esters is 1. The average Bonchev–Trinajstić information content (AvgIpc) is 3.33. The van der Waals surface area contributed by atoms with Crippen molar-refractivity contribution in [1.82, 2.24) is 9.46 Å². The average molecular weight is 455 g/mol. The third-order valence-corrected chi connectivity index (χ3v) is 8.06. The number of aromatic nitrogens is 1. The number of furan rings is 1. The molecule has 0 saturated carbocycles. The number of aryl methyl sites for hydroxylation is 2. The van der Waals surface area contributed by atoms with Gasteiger partial charge in [-0.1, -0.05) is 23.4 Å². The number of sulfonamides is 1. The summed E-state index contributed by atoms with van der Waals surface area (Å²) in [7, 11) is -3.71. The lowest BCUT2D eigenvalue weighted by Gasteiger charge is -2.29. The fraction of sp³-hybridized carbons (Fsp3) is 0.304. The summed E-state index contributed by atoms with van der Waals surface area (Å²) in [6.45, 7) is 3.65. The van der Waals surface area contributed by atoms with E-state index in [1.807, 2.05) is 24.3 Å². The highest BCUT2D eigenvalue weighted by molar-refractivity contribution is 7.89. The molecule has 1 aliphatic rings. The second kappa shape index (κ2) is 7.75. The van der Waals surface area contributed by atoms with Gasteiger partial charge in [-0.15, -0.1) is 0 Å². The molecule has 32 heavy (non-hydrogen) atoms. The zero-order valence-corrected chi connectivity index (χ0v) is 18.5. The number of nitrogens with zero attached hydrogens (tertiary/aromatic N) is 2. The third kappa shape index (κ3) is 3.47. The molecule has 1 fully saturated rings. The van der Waals surface area contributed by atoms with Crippen molar-refractivity contribution in [3.8, 4) is 5.75 Å². The predicted molar refractivity (Wildman–Crippen MR) is 117 cm³/mol.